The molecule has 0 aliphatic heterocycles. The first kappa shape index (κ1) is 14.0. The van der Waals surface area contributed by atoms with Crippen molar-refractivity contribution in [3.05, 3.63) is 29.6 Å². The molecule has 2 atom stereocenters. The lowest BCUT2D eigenvalue weighted by Gasteiger charge is -2.17. The molecule has 3 heteroatoms. The van der Waals surface area contributed by atoms with Crippen molar-refractivity contribution >= 4 is 0 Å². The largest absolute Gasteiger partial charge is 0.494 e. The Morgan fingerprint density at radius 2 is 2.06 bits per heavy atom. The van der Waals surface area contributed by atoms with Gasteiger partial charge in [0, 0.05) is 6.04 Å². The summed E-state index contributed by atoms with van der Waals surface area (Å²) in [5.74, 6) is 0.550. The molecule has 1 rings (SSSR count). The summed E-state index contributed by atoms with van der Waals surface area (Å²) in [7, 11) is 3.44. The molecule has 96 valence electrons. The first-order valence-corrected chi connectivity index (χ1v) is 6.07. The fraction of sp³-hybridized carbons (Fsp3) is 0.571. The monoisotopic (exact) mass is 239 g/mol. The fourth-order valence-electron chi connectivity index (χ4n) is 2.05. The number of ether oxygens (including phenoxy) is 1. The van der Waals surface area contributed by atoms with E-state index in [1.807, 2.05) is 19.2 Å². The van der Waals surface area contributed by atoms with Crippen LogP contribution in [0.15, 0.2) is 18.2 Å². The Morgan fingerprint density at radius 3 is 2.65 bits per heavy atom. The maximum absolute atomic E-state index is 13.9. The van der Waals surface area contributed by atoms with Crippen LogP contribution in [-0.4, -0.2) is 20.2 Å². The van der Waals surface area contributed by atoms with Crippen LogP contribution in [0, 0.1) is 11.7 Å². The zero-order valence-corrected chi connectivity index (χ0v) is 11.1. The fourth-order valence-corrected chi connectivity index (χ4v) is 2.05. The molecular formula is C14H22FNO. The second kappa shape index (κ2) is 6.60. The predicted octanol–water partition coefficient (Wildman–Crippen LogP) is 3.01. The molecule has 0 aliphatic carbocycles. The summed E-state index contributed by atoms with van der Waals surface area (Å²) in [5.41, 5.74) is 0.736. The average Bonchev–Trinajstić information content (AvgIpc) is 2.31. The highest BCUT2D eigenvalue weighted by molar-refractivity contribution is 5.31. The molecule has 0 radical (unpaired) electrons. The van der Waals surface area contributed by atoms with E-state index in [4.69, 9.17) is 4.74 Å². The van der Waals surface area contributed by atoms with E-state index in [1.54, 1.807) is 6.07 Å². The van der Waals surface area contributed by atoms with Crippen molar-refractivity contribution in [2.75, 3.05) is 14.2 Å². The molecule has 0 heterocycles. The molecular weight excluding hydrogens is 217 g/mol. The van der Waals surface area contributed by atoms with E-state index in [0.717, 1.165) is 18.4 Å². The molecule has 1 aromatic carbocycles. The van der Waals surface area contributed by atoms with Crippen molar-refractivity contribution < 1.29 is 9.13 Å². The van der Waals surface area contributed by atoms with Crippen LogP contribution in [-0.2, 0) is 6.42 Å². The van der Waals surface area contributed by atoms with Crippen LogP contribution in [0.5, 0.6) is 5.75 Å². The van der Waals surface area contributed by atoms with E-state index in [2.05, 4.69) is 19.2 Å². The molecule has 0 fully saturated rings. The third kappa shape index (κ3) is 4.00. The Morgan fingerprint density at radius 1 is 1.35 bits per heavy atom. The zero-order chi connectivity index (χ0) is 12.8. The van der Waals surface area contributed by atoms with Gasteiger partial charge in [0.25, 0.3) is 0 Å². The lowest BCUT2D eigenvalue weighted by atomic mass is 9.94. The highest BCUT2D eigenvalue weighted by Crippen LogP contribution is 2.23. The number of halogens is 1. The van der Waals surface area contributed by atoms with E-state index in [1.165, 1.54) is 7.11 Å². The molecule has 1 aromatic rings. The molecule has 0 amide bonds. The summed E-state index contributed by atoms with van der Waals surface area (Å²) in [6.07, 6.45) is 1.78. The minimum absolute atomic E-state index is 0.223. The first-order valence-electron chi connectivity index (χ1n) is 6.07. The van der Waals surface area contributed by atoms with Gasteiger partial charge in [-0.1, -0.05) is 19.1 Å². The van der Waals surface area contributed by atoms with Crippen LogP contribution in [0.4, 0.5) is 4.39 Å². The number of hydrogen-bond acceptors (Lipinski definition) is 2. The topological polar surface area (TPSA) is 21.3 Å². The van der Waals surface area contributed by atoms with Gasteiger partial charge in [-0.05, 0) is 44.4 Å². The van der Waals surface area contributed by atoms with Crippen LogP contribution < -0.4 is 10.1 Å². The summed E-state index contributed by atoms with van der Waals surface area (Å²) in [5, 5.41) is 3.20. The lowest BCUT2D eigenvalue weighted by Crippen LogP contribution is -2.24. The van der Waals surface area contributed by atoms with Gasteiger partial charge in [0.15, 0.2) is 11.6 Å². The zero-order valence-electron chi connectivity index (χ0n) is 11.1. The first-order chi connectivity index (χ1) is 8.08. The van der Waals surface area contributed by atoms with E-state index >= 15 is 0 Å². The minimum Gasteiger partial charge on any atom is -0.494 e. The SMILES string of the molecule is CNC(C)CC(C)Cc1cccc(OC)c1F. The molecule has 0 aliphatic rings. The van der Waals surface area contributed by atoms with Gasteiger partial charge in [0.2, 0.25) is 0 Å². The van der Waals surface area contributed by atoms with Gasteiger partial charge in [-0.3, -0.25) is 0 Å². The van der Waals surface area contributed by atoms with Gasteiger partial charge in [0.05, 0.1) is 7.11 Å². The van der Waals surface area contributed by atoms with Crippen LogP contribution in [0.3, 0.4) is 0 Å². The standard InChI is InChI=1S/C14H22FNO/c1-10(8-11(2)16-3)9-12-6-5-7-13(17-4)14(12)15/h5-7,10-11,16H,8-9H2,1-4H3. The minimum atomic E-state index is -0.223. The maximum atomic E-state index is 13.9. The number of rotatable bonds is 6. The molecule has 2 unspecified atom stereocenters. The number of hydrogen-bond donors (Lipinski definition) is 1. The summed E-state index contributed by atoms with van der Waals surface area (Å²) < 4.78 is 18.9. The van der Waals surface area contributed by atoms with E-state index in [-0.39, 0.29) is 5.82 Å². The summed E-state index contributed by atoms with van der Waals surface area (Å²) in [6, 6.07) is 5.78. The summed E-state index contributed by atoms with van der Waals surface area (Å²) in [4.78, 5) is 0. The Bertz CT molecular complexity index is 354. The predicted molar refractivity (Wildman–Crippen MR) is 69.0 cm³/mol. The van der Waals surface area contributed by atoms with E-state index < -0.39 is 0 Å². The number of benzene rings is 1. The average molecular weight is 239 g/mol. The van der Waals surface area contributed by atoms with Crippen molar-refractivity contribution in [1.29, 1.82) is 0 Å². The van der Waals surface area contributed by atoms with Crippen molar-refractivity contribution in [2.45, 2.75) is 32.7 Å². The van der Waals surface area contributed by atoms with Crippen molar-refractivity contribution in [2.24, 2.45) is 5.92 Å². The molecule has 17 heavy (non-hydrogen) atoms. The smallest absolute Gasteiger partial charge is 0.168 e. The third-order valence-corrected chi connectivity index (χ3v) is 3.08. The van der Waals surface area contributed by atoms with Crippen molar-refractivity contribution in [3.8, 4) is 5.75 Å². The molecule has 0 aromatic heterocycles. The molecule has 1 N–H and O–H groups in total. The van der Waals surface area contributed by atoms with Crippen LogP contribution in [0.25, 0.3) is 0 Å². The third-order valence-electron chi connectivity index (χ3n) is 3.08. The normalized spacial score (nSPS) is 14.4. The molecule has 2 nitrogen and oxygen atoms in total. The van der Waals surface area contributed by atoms with Crippen LogP contribution in [0.2, 0.25) is 0 Å². The quantitative estimate of drug-likeness (QED) is 0.824. The Labute approximate surface area is 103 Å². The highest BCUT2D eigenvalue weighted by Gasteiger charge is 2.13. The van der Waals surface area contributed by atoms with Crippen molar-refractivity contribution in [3.63, 3.8) is 0 Å². The Balaban J connectivity index is 2.68. The maximum Gasteiger partial charge on any atom is 0.168 e. The summed E-state index contributed by atoms with van der Waals surface area (Å²) >= 11 is 0. The Hall–Kier alpha value is -1.09. The second-order valence-corrected chi connectivity index (χ2v) is 4.67. The van der Waals surface area contributed by atoms with Gasteiger partial charge in [-0.25, -0.2) is 4.39 Å². The van der Waals surface area contributed by atoms with Gasteiger partial charge in [-0.2, -0.15) is 0 Å². The van der Waals surface area contributed by atoms with Crippen LogP contribution >= 0.6 is 0 Å². The molecule has 0 saturated heterocycles. The van der Waals surface area contributed by atoms with Crippen molar-refractivity contribution in [1.82, 2.24) is 5.32 Å². The molecule has 0 saturated carbocycles. The van der Waals surface area contributed by atoms with Gasteiger partial charge in [-0.15, -0.1) is 0 Å². The molecule has 0 bridgehead atoms. The Kier molecular flexibility index (Phi) is 5.42. The molecule has 0 spiro atoms. The van der Waals surface area contributed by atoms with E-state index in [9.17, 15) is 4.39 Å². The number of nitrogens with one attached hydrogen (secondary N) is 1. The number of methoxy groups -OCH3 is 1. The van der Waals surface area contributed by atoms with Gasteiger partial charge < -0.3 is 10.1 Å². The van der Waals surface area contributed by atoms with Crippen LogP contribution in [0.1, 0.15) is 25.8 Å². The van der Waals surface area contributed by atoms with Gasteiger partial charge in [0.1, 0.15) is 0 Å². The second-order valence-electron chi connectivity index (χ2n) is 4.67. The lowest BCUT2D eigenvalue weighted by molar-refractivity contribution is 0.379. The van der Waals surface area contributed by atoms with E-state index in [0.29, 0.717) is 17.7 Å². The highest BCUT2D eigenvalue weighted by atomic mass is 19.1. The summed E-state index contributed by atoms with van der Waals surface area (Å²) in [6.45, 7) is 4.28. The van der Waals surface area contributed by atoms with Gasteiger partial charge >= 0.3 is 0 Å².